The van der Waals surface area contributed by atoms with Crippen molar-refractivity contribution in [1.82, 2.24) is 21.3 Å². The minimum Gasteiger partial charge on any atom is -0.368 e. The molecule has 0 aliphatic heterocycles. The monoisotopic (exact) mass is 667 g/mol. The number of likely N-dealkylation sites (N-methyl/N-ethyl adjacent to an activating group) is 1. The molecule has 0 radical (unpaired) electrons. The Hall–Kier alpha value is -1.87. The van der Waals surface area contributed by atoms with Crippen molar-refractivity contribution in [2.24, 2.45) is 17.2 Å². The Morgan fingerprint density at radius 3 is 1.73 bits per heavy atom. The number of nitrogens with two attached hydrogens (primary N) is 3. The molecule has 0 aromatic heterocycles. The van der Waals surface area contributed by atoms with E-state index in [0.717, 1.165) is 38.4 Å². The summed E-state index contributed by atoms with van der Waals surface area (Å²) in [7, 11) is 1.63. The van der Waals surface area contributed by atoms with Gasteiger partial charge < -0.3 is 43.3 Å². The van der Waals surface area contributed by atoms with Gasteiger partial charge in [0.25, 0.3) is 0 Å². The molecule has 0 aliphatic carbocycles. The standard InChI is InChI=1S/C16H32N2O2.C12H25N5O3.2CH4S/c1-2-3-4-5-6-7-8-12-16(20)18-15(14-19)11-9-10-13-17;1-8(16-10(18)7-15-2)12(20)17-9(11(14)19)5-3-4-6-13;2*1-2/h14-15H,2-13,17H2,1H3,(H,18,20);8-9,15H,3-7,13H2,1-2H3,(H2,14,19)(H,16,18)(H,17,20);2*2H,1H3. The molecule has 0 aromatic carbocycles. The fourth-order valence-corrected chi connectivity index (χ4v) is 3.80. The number of unbranched alkanes of at least 4 members (excludes halogenated alkanes) is 8. The minimum atomic E-state index is -0.738. The number of carbonyl (C=O) groups is 5. The molecule has 10 N–H and O–H groups in total. The van der Waals surface area contributed by atoms with Crippen LogP contribution in [0.4, 0.5) is 0 Å². The summed E-state index contributed by atoms with van der Waals surface area (Å²) in [6, 6.07) is -1.80. The molecule has 0 rings (SSSR count). The smallest absolute Gasteiger partial charge is 0.242 e. The Balaban J connectivity index is -0.000000326. The highest BCUT2D eigenvalue weighted by atomic mass is 32.1. The molecule has 14 heteroatoms. The number of rotatable bonds is 24. The fourth-order valence-electron chi connectivity index (χ4n) is 3.80. The molecule has 0 heterocycles. The van der Waals surface area contributed by atoms with Gasteiger partial charge in [0.15, 0.2) is 0 Å². The first kappa shape index (κ1) is 49.0. The van der Waals surface area contributed by atoms with Crippen LogP contribution >= 0.6 is 25.3 Å². The van der Waals surface area contributed by atoms with Crippen molar-refractivity contribution in [2.45, 2.75) is 122 Å². The molecule has 3 atom stereocenters. The van der Waals surface area contributed by atoms with Gasteiger partial charge in [-0.15, -0.1) is 0 Å². The normalized spacial score (nSPS) is 11.8. The van der Waals surface area contributed by atoms with E-state index in [1.807, 2.05) is 0 Å². The van der Waals surface area contributed by atoms with Gasteiger partial charge in [-0.05, 0) is 84.5 Å². The molecular formula is C30H65N7O5S2. The minimum absolute atomic E-state index is 0.00315. The van der Waals surface area contributed by atoms with Gasteiger partial charge in [-0.3, -0.25) is 19.2 Å². The number of nitrogens with one attached hydrogen (secondary N) is 4. The van der Waals surface area contributed by atoms with Crippen LogP contribution in [0.25, 0.3) is 0 Å². The number of amides is 4. The molecule has 3 unspecified atom stereocenters. The number of carbonyl (C=O) groups excluding carboxylic acids is 5. The summed E-state index contributed by atoms with van der Waals surface area (Å²) >= 11 is 7.06. The Bertz CT molecular complexity index is 707. The number of hydrogen-bond donors (Lipinski definition) is 9. The summed E-state index contributed by atoms with van der Waals surface area (Å²) in [6.07, 6.45) is 17.5. The van der Waals surface area contributed by atoms with E-state index in [0.29, 0.717) is 38.8 Å². The molecule has 0 spiro atoms. The van der Waals surface area contributed by atoms with Crippen molar-refractivity contribution < 1.29 is 24.0 Å². The number of hydrogen-bond acceptors (Lipinski definition) is 10. The highest BCUT2D eigenvalue weighted by Crippen LogP contribution is 2.08. The van der Waals surface area contributed by atoms with Gasteiger partial charge in [-0.2, -0.15) is 25.3 Å². The van der Waals surface area contributed by atoms with Crippen molar-refractivity contribution in [1.29, 1.82) is 0 Å². The van der Waals surface area contributed by atoms with Crippen LogP contribution < -0.4 is 38.5 Å². The Kier molecular flexibility index (Phi) is 43.6. The molecule has 0 aromatic rings. The number of thiol groups is 2. The number of aldehydes is 1. The van der Waals surface area contributed by atoms with Crippen molar-refractivity contribution in [3.05, 3.63) is 0 Å². The second-order valence-electron chi connectivity index (χ2n) is 10.0. The van der Waals surface area contributed by atoms with Crippen LogP contribution in [0.5, 0.6) is 0 Å². The summed E-state index contributed by atoms with van der Waals surface area (Å²) in [5.41, 5.74) is 16.0. The Labute approximate surface area is 278 Å². The largest absolute Gasteiger partial charge is 0.368 e. The molecule has 0 saturated carbocycles. The maximum absolute atomic E-state index is 11.9. The van der Waals surface area contributed by atoms with Gasteiger partial charge in [-0.1, -0.05) is 45.4 Å². The zero-order valence-corrected chi connectivity index (χ0v) is 29.8. The molecule has 44 heavy (non-hydrogen) atoms. The van der Waals surface area contributed by atoms with E-state index in [9.17, 15) is 24.0 Å². The Morgan fingerprint density at radius 2 is 1.25 bits per heavy atom. The predicted octanol–water partition coefficient (Wildman–Crippen LogP) is 1.84. The van der Waals surface area contributed by atoms with E-state index in [4.69, 9.17) is 17.2 Å². The molecule has 0 aliphatic rings. The van der Waals surface area contributed by atoms with Gasteiger partial charge in [0, 0.05) is 6.42 Å². The average molecular weight is 668 g/mol. The van der Waals surface area contributed by atoms with E-state index in [-0.39, 0.29) is 24.4 Å². The highest BCUT2D eigenvalue weighted by Gasteiger charge is 2.22. The lowest BCUT2D eigenvalue weighted by Crippen LogP contribution is -2.52. The van der Waals surface area contributed by atoms with Crippen molar-refractivity contribution in [3.63, 3.8) is 0 Å². The maximum atomic E-state index is 11.9. The van der Waals surface area contributed by atoms with Crippen molar-refractivity contribution >= 4 is 55.2 Å². The molecule has 12 nitrogen and oxygen atoms in total. The van der Waals surface area contributed by atoms with Crippen molar-refractivity contribution in [2.75, 3.05) is 39.2 Å². The van der Waals surface area contributed by atoms with Gasteiger partial charge in [-0.25, -0.2) is 0 Å². The fraction of sp³-hybridized carbons (Fsp3) is 0.833. The van der Waals surface area contributed by atoms with Gasteiger partial charge in [0.05, 0.1) is 12.6 Å². The van der Waals surface area contributed by atoms with E-state index in [1.165, 1.54) is 32.1 Å². The zero-order valence-electron chi connectivity index (χ0n) is 28.0. The average Bonchev–Trinajstić information content (AvgIpc) is 3.02. The number of primary amides is 1. The van der Waals surface area contributed by atoms with Gasteiger partial charge in [0.2, 0.25) is 23.6 Å². The molecule has 0 fully saturated rings. The first-order valence-corrected chi connectivity index (χ1v) is 17.5. The lowest BCUT2D eigenvalue weighted by Gasteiger charge is -2.19. The summed E-state index contributed by atoms with van der Waals surface area (Å²) in [4.78, 5) is 57.0. The SMILES string of the molecule is CCCCCCCCCC(=O)NC(C=O)CCCCN.CNCC(=O)NC(C)C(=O)NC(CCCCN)C(N)=O.CS.CS. The zero-order chi connectivity index (χ0) is 34.6. The van der Waals surface area contributed by atoms with Crippen LogP contribution in [-0.2, 0) is 24.0 Å². The van der Waals surface area contributed by atoms with Crippen LogP contribution in [0.15, 0.2) is 0 Å². The summed E-state index contributed by atoms with van der Waals surface area (Å²) in [5, 5.41) is 10.5. The third kappa shape index (κ3) is 34.6. The maximum Gasteiger partial charge on any atom is 0.242 e. The summed E-state index contributed by atoms with van der Waals surface area (Å²) in [5.74, 6) is -1.33. The second kappa shape index (κ2) is 39.2. The molecule has 4 amide bonds. The highest BCUT2D eigenvalue weighted by molar-refractivity contribution is 7.79. The van der Waals surface area contributed by atoms with E-state index < -0.39 is 23.9 Å². The van der Waals surface area contributed by atoms with Crippen LogP contribution in [0.1, 0.15) is 104 Å². The molecule has 262 valence electrons. The topological polar surface area (TPSA) is 212 Å². The lowest BCUT2D eigenvalue weighted by atomic mass is 10.1. The first-order valence-electron chi connectivity index (χ1n) is 15.7. The second-order valence-corrected chi connectivity index (χ2v) is 10.0. The van der Waals surface area contributed by atoms with E-state index >= 15 is 0 Å². The molecule has 0 bridgehead atoms. The van der Waals surface area contributed by atoms with Crippen LogP contribution in [0.2, 0.25) is 0 Å². The van der Waals surface area contributed by atoms with Crippen LogP contribution in [0.3, 0.4) is 0 Å². The van der Waals surface area contributed by atoms with Gasteiger partial charge in [0.1, 0.15) is 18.4 Å². The van der Waals surface area contributed by atoms with Gasteiger partial charge >= 0.3 is 0 Å². The van der Waals surface area contributed by atoms with E-state index in [1.54, 1.807) is 26.5 Å². The molecular weight excluding hydrogens is 603 g/mol. The van der Waals surface area contributed by atoms with E-state index in [2.05, 4.69) is 53.4 Å². The molecule has 0 saturated heterocycles. The van der Waals surface area contributed by atoms with Crippen LogP contribution in [0, 0.1) is 0 Å². The third-order valence-corrected chi connectivity index (χ3v) is 6.20. The first-order chi connectivity index (χ1) is 21.2. The predicted molar refractivity (Wildman–Crippen MR) is 189 cm³/mol. The third-order valence-electron chi connectivity index (χ3n) is 6.20. The van der Waals surface area contributed by atoms with Crippen LogP contribution in [-0.4, -0.2) is 87.2 Å². The lowest BCUT2D eigenvalue weighted by molar-refractivity contribution is -0.130. The Morgan fingerprint density at radius 1 is 0.727 bits per heavy atom. The quantitative estimate of drug-likeness (QED) is 0.0420. The van der Waals surface area contributed by atoms with Crippen molar-refractivity contribution in [3.8, 4) is 0 Å². The summed E-state index contributed by atoms with van der Waals surface area (Å²) < 4.78 is 0. The summed E-state index contributed by atoms with van der Waals surface area (Å²) in [6.45, 7) is 5.03.